The number of thiazole rings is 1. The summed E-state index contributed by atoms with van der Waals surface area (Å²) in [5.41, 5.74) is 6.14. The Morgan fingerprint density at radius 2 is 2.59 bits per heavy atom. The number of nitrogens with zero attached hydrogens (tertiary/aromatic N) is 1. The number of rotatable bonds is 7. The van der Waals surface area contributed by atoms with Crippen molar-refractivity contribution in [3.8, 4) is 0 Å². The number of hydrogen-bond acceptors (Lipinski definition) is 5. The second-order valence-electron chi connectivity index (χ2n) is 3.48. The van der Waals surface area contributed by atoms with Crippen LogP contribution in [0.1, 0.15) is 28.5 Å². The Morgan fingerprint density at radius 3 is 3.18 bits per heavy atom. The Balaban J connectivity index is 2.33. The van der Waals surface area contributed by atoms with E-state index in [0.29, 0.717) is 12.2 Å². The number of aromatic nitrogens is 1. The Hall–Kier alpha value is -0.850. The maximum absolute atomic E-state index is 11.7. The maximum Gasteiger partial charge on any atom is 0.270 e. The third-order valence-electron chi connectivity index (χ3n) is 1.91. The van der Waals surface area contributed by atoms with Crippen LogP contribution >= 0.6 is 23.1 Å². The average Bonchev–Trinajstić information content (AvgIpc) is 2.78. The van der Waals surface area contributed by atoms with Gasteiger partial charge in [-0.15, -0.1) is 17.9 Å². The number of hydrogen-bond donors (Lipinski definition) is 2. The fourth-order valence-electron chi connectivity index (χ4n) is 1.10. The van der Waals surface area contributed by atoms with Gasteiger partial charge >= 0.3 is 0 Å². The molecule has 1 aromatic heterocycles. The van der Waals surface area contributed by atoms with E-state index in [1.54, 1.807) is 17.1 Å². The van der Waals surface area contributed by atoms with Crippen LogP contribution in [0.25, 0.3) is 0 Å². The van der Waals surface area contributed by atoms with Crippen LogP contribution in [0.3, 0.4) is 0 Å². The van der Waals surface area contributed by atoms with Crippen LogP contribution in [0.5, 0.6) is 0 Å². The summed E-state index contributed by atoms with van der Waals surface area (Å²) in [6.45, 7) is 6.13. The van der Waals surface area contributed by atoms with Gasteiger partial charge in [0, 0.05) is 23.4 Å². The molecule has 0 spiro atoms. The zero-order chi connectivity index (χ0) is 12.7. The van der Waals surface area contributed by atoms with Crippen LogP contribution in [0.4, 0.5) is 0 Å². The number of carbonyl (C=O) groups excluding carboxylic acids is 1. The second kappa shape index (κ2) is 7.47. The van der Waals surface area contributed by atoms with Gasteiger partial charge in [0.1, 0.15) is 10.7 Å². The highest BCUT2D eigenvalue weighted by molar-refractivity contribution is 7.99. The lowest BCUT2D eigenvalue weighted by Crippen LogP contribution is -2.26. The number of nitrogens with two attached hydrogens (primary N) is 1. The van der Waals surface area contributed by atoms with E-state index in [-0.39, 0.29) is 11.9 Å². The molecule has 0 aliphatic carbocycles. The number of thioether (sulfide) groups is 1. The predicted octanol–water partition coefficient (Wildman–Crippen LogP) is 1.81. The van der Waals surface area contributed by atoms with Crippen molar-refractivity contribution < 1.29 is 4.79 Å². The van der Waals surface area contributed by atoms with Crippen molar-refractivity contribution in [2.45, 2.75) is 13.0 Å². The SMILES string of the molecule is C=CCSCCNC(=O)c1csc(C(C)N)n1. The molecule has 94 valence electrons. The van der Waals surface area contributed by atoms with Gasteiger partial charge in [0.2, 0.25) is 0 Å². The predicted molar refractivity (Wildman–Crippen MR) is 74.6 cm³/mol. The van der Waals surface area contributed by atoms with Crippen LogP contribution in [0.15, 0.2) is 18.0 Å². The van der Waals surface area contributed by atoms with Crippen molar-refractivity contribution >= 4 is 29.0 Å². The topological polar surface area (TPSA) is 68.0 Å². The Kier molecular flexibility index (Phi) is 6.25. The number of amides is 1. The summed E-state index contributed by atoms with van der Waals surface area (Å²) in [5.74, 6) is 1.65. The monoisotopic (exact) mass is 271 g/mol. The minimum Gasteiger partial charge on any atom is -0.350 e. The minimum atomic E-state index is -0.132. The van der Waals surface area contributed by atoms with Crippen molar-refractivity contribution in [1.82, 2.24) is 10.3 Å². The summed E-state index contributed by atoms with van der Waals surface area (Å²) >= 11 is 3.15. The van der Waals surface area contributed by atoms with Crippen LogP contribution in [0.2, 0.25) is 0 Å². The third kappa shape index (κ3) is 4.89. The standard InChI is InChI=1S/C11H17N3OS2/c1-3-5-16-6-4-13-10(15)9-7-17-11(14-9)8(2)12/h3,7-8H,1,4-6,12H2,2H3,(H,13,15). The van der Waals surface area contributed by atoms with Crippen molar-refractivity contribution in [1.29, 1.82) is 0 Å². The van der Waals surface area contributed by atoms with Gasteiger partial charge in [-0.25, -0.2) is 4.98 Å². The molecule has 0 saturated heterocycles. The fourth-order valence-corrected chi connectivity index (χ4v) is 2.43. The Bertz CT molecular complexity index is 377. The molecule has 1 rings (SSSR count). The molecular weight excluding hydrogens is 254 g/mol. The maximum atomic E-state index is 11.7. The third-order valence-corrected chi connectivity index (χ3v) is 3.92. The zero-order valence-corrected chi connectivity index (χ0v) is 11.4. The highest BCUT2D eigenvalue weighted by atomic mass is 32.2. The molecule has 0 radical (unpaired) electrons. The van der Waals surface area contributed by atoms with Gasteiger partial charge in [0.05, 0.1) is 6.04 Å². The fraction of sp³-hybridized carbons (Fsp3) is 0.455. The molecule has 1 heterocycles. The largest absolute Gasteiger partial charge is 0.350 e. The summed E-state index contributed by atoms with van der Waals surface area (Å²) < 4.78 is 0. The minimum absolute atomic E-state index is 0.121. The lowest BCUT2D eigenvalue weighted by molar-refractivity contribution is 0.0951. The average molecular weight is 271 g/mol. The Morgan fingerprint density at radius 1 is 1.82 bits per heavy atom. The normalized spacial score (nSPS) is 12.1. The molecular formula is C11H17N3OS2. The molecule has 1 amide bonds. The van der Waals surface area contributed by atoms with Crippen LogP contribution < -0.4 is 11.1 Å². The molecule has 6 heteroatoms. The second-order valence-corrected chi connectivity index (χ2v) is 5.52. The summed E-state index contributed by atoms with van der Waals surface area (Å²) in [6.07, 6.45) is 1.85. The van der Waals surface area contributed by atoms with E-state index < -0.39 is 0 Å². The smallest absolute Gasteiger partial charge is 0.270 e. The van der Waals surface area contributed by atoms with E-state index in [2.05, 4.69) is 16.9 Å². The molecule has 0 saturated carbocycles. The first kappa shape index (κ1) is 14.2. The molecule has 1 atom stereocenters. The highest BCUT2D eigenvalue weighted by Crippen LogP contribution is 2.15. The molecule has 17 heavy (non-hydrogen) atoms. The van der Waals surface area contributed by atoms with Crippen LogP contribution in [-0.2, 0) is 0 Å². The molecule has 1 aromatic rings. The van der Waals surface area contributed by atoms with Gasteiger partial charge in [-0.2, -0.15) is 11.8 Å². The van der Waals surface area contributed by atoms with Crippen molar-refractivity contribution in [2.75, 3.05) is 18.1 Å². The van der Waals surface area contributed by atoms with Crippen LogP contribution in [0, 0.1) is 0 Å². The van der Waals surface area contributed by atoms with E-state index >= 15 is 0 Å². The van der Waals surface area contributed by atoms with E-state index in [0.717, 1.165) is 16.5 Å². The quantitative estimate of drug-likeness (QED) is 0.586. The number of nitrogens with one attached hydrogen (secondary N) is 1. The first-order valence-corrected chi connectivity index (χ1v) is 7.36. The van der Waals surface area contributed by atoms with E-state index in [1.165, 1.54) is 11.3 Å². The van der Waals surface area contributed by atoms with Crippen molar-refractivity contribution in [3.63, 3.8) is 0 Å². The first-order chi connectivity index (χ1) is 8.15. The lowest BCUT2D eigenvalue weighted by atomic mass is 10.4. The first-order valence-electron chi connectivity index (χ1n) is 5.33. The van der Waals surface area contributed by atoms with Gasteiger partial charge in [0.25, 0.3) is 5.91 Å². The van der Waals surface area contributed by atoms with E-state index in [9.17, 15) is 4.79 Å². The summed E-state index contributed by atoms with van der Waals surface area (Å²) in [4.78, 5) is 15.9. The van der Waals surface area contributed by atoms with Gasteiger partial charge in [-0.05, 0) is 6.92 Å². The molecule has 4 nitrogen and oxygen atoms in total. The van der Waals surface area contributed by atoms with E-state index in [4.69, 9.17) is 5.73 Å². The summed E-state index contributed by atoms with van der Waals surface area (Å²) in [7, 11) is 0. The number of carbonyl (C=O) groups is 1. The molecule has 0 aliphatic heterocycles. The molecule has 0 bridgehead atoms. The summed E-state index contributed by atoms with van der Waals surface area (Å²) in [6, 6.07) is -0.121. The van der Waals surface area contributed by atoms with Gasteiger partial charge < -0.3 is 11.1 Å². The molecule has 1 unspecified atom stereocenters. The molecule has 0 aromatic carbocycles. The highest BCUT2D eigenvalue weighted by Gasteiger charge is 2.11. The van der Waals surface area contributed by atoms with Crippen molar-refractivity contribution in [3.05, 3.63) is 28.7 Å². The Labute approximate surface area is 110 Å². The van der Waals surface area contributed by atoms with E-state index in [1.807, 2.05) is 13.0 Å². The lowest BCUT2D eigenvalue weighted by Gasteiger charge is -2.02. The molecule has 0 fully saturated rings. The molecule has 0 aliphatic rings. The van der Waals surface area contributed by atoms with Gasteiger partial charge in [-0.3, -0.25) is 4.79 Å². The van der Waals surface area contributed by atoms with Gasteiger partial charge in [-0.1, -0.05) is 6.08 Å². The van der Waals surface area contributed by atoms with Gasteiger partial charge in [0.15, 0.2) is 0 Å². The zero-order valence-electron chi connectivity index (χ0n) is 9.81. The summed E-state index contributed by atoms with van der Waals surface area (Å²) in [5, 5.41) is 5.35. The van der Waals surface area contributed by atoms with Crippen molar-refractivity contribution in [2.24, 2.45) is 5.73 Å². The van der Waals surface area contributed by atoms with Crippen LogP contribution in [-0.4, -0.2) is 28.9 Å². The molecule has 3 N–H and O–H groups in total.